The molecule has 0 aliphatic carbocycles. The number of nitrogens with zero attached hydrogens (tertiary/aromatic N) is 1. The average Bonchev–Trinajstić information content (AvgIpc) is 2.88. The molecule has 3 nitrogen and oxygen atoms in total. The summed E-state index contributed by atoms with van der Waals surface area (Å²) in [7, 11) is 0. The molecule has 20 heavy (non-hydrogen) atoms. The monoisotopic (exact) mass is 269 g/mol. The van der Waals surface area contributed by atoms with Crippen LogP contribution in [0.4, 0.5) is 0 Å². The van der Waals surface area contributed by atoms with Crippen molar-refractivity contribution in [3.63, 3.8) is 0 Å². The highest BCUT2D eigenvalue weighted by Gasteiger charge is 2.33. The highest BCUT2D eigenvalue weighted by Crippen LogP contribution is 2.27. The van der Waals surface area contributed by atoms with Crippen molar-refractivity contribution in [2.24, 2.45) is 5.92 Å². The fourth-order valence-electron chi connectivity index (χ4n) is 3.83. The van der Waals surface area contributed by atoms with Gasteiger partial charge in [-0.05, 0) is 61.9 Å². The molecule has 1 unspecified atom stereocenters. The van der Waals surface area contributed by atoms with E-state index >= 15 is 0 Å². The van der Waals surface area contributed by atoms with Crippen molar-refractivity contribution in [3.8, 4) is 0 Å². The first kappa shape index (κ1) is 12.4. The third-order valence-electron chi connectivity index (χ3n) is 5.04. The second kappa shape index (κ2) is 4.90. The van der Waals surface area contributed by atoms with Crippen LogP contribution in [0.25, 0.3) is 10.9 Å². The Labute approximate surface area is 120 Å². The molecule has 3 fully saturated rings. The zero-order chi connectivity index (χ0) is 13.5. The van der Waals surface area contributed by atoms with E-state index in [1.165, 1.54) is 54.6 Å². The normalized spacial score (nSPS) is 29.1. The first-order chi connectivity index (χ1) is 9.78. The molecule has 4 heterocycles. The number of nitrogens with one attached hydrogen (secondary N) is 2. The Bertz CT molecular complexity index is 608. The van der Waals surface area contributed by atoms with E-state index in [9.17, 15) is 0 Å². The van der Waals surface area contributed by atoms with Crippen molar-refractivity contribution in [3.05, 3.63) is 35.5 Å². The average molecular weight is 269 g/mol. The molecular formula is C17H23N3. The van der Waals surface area contributed by atoms with Crippen LogP contribution in [0.15, 0.2) is 24.3 Å². The Balaban J connectivity index is 1.45. The predicted molar refractivity (Wildman–Crippen MR) is 82.8 cm³/mol. The molecule has 0 radical (unpaired) electrons. The second-order valence-electron chi connectivity index (χ2n) is 6.51. The zero-order valence-electron chi connectivity index (χ0n) is 12.2. The summed E-state index contributed by atoms with van der Waals surface area (Å²) in [6.07, 6.45) is 2.76. The molecule has 106 valence electrons. The van der Waals surface area contributed by atoms with E-state index < -0.39 is 0 Å². The van der Waals surface area contributed by atoms with Crippen molar-refractivity contribution < 1.29 is 0 Å². The lowest BCUT2D eigenvalue weighted by molar-refractivity contribution is 0.0719. The van der Waals surface area contributed by atoms with Crippen molar-refractivity contribution in [1.82, 2.24) is 15.2 Å². The maximum Gasteiger partial charge on any atom is 0.0459 e. The van der Waals surface area contributed by atoms with Crippen LogP contribution in [-0.2, 0) is 6.54 Å². The van der Waals surface area contributed by atoms with Crippen LogP contribution >= 0.6 is 0 Å². The van der Waals surface area contributed by atoms with Crippen LogP contribution < -0.4 is 5.32 Å². The van der Waals surface area contributed by atoms with Gasteiger partial charge in [0, 0.05) is 30.3 Å². The summed E-state index contributed by atoms with van der Waals surface area (Å²) in [5.74, 6) is 0.895. The highest BCUT2D eigenvalue weighted by molar-refractivity contribution is 5.81. The maximum atomic E-state index is 3.77. The molecule has 0 saturated carbocycles. The van der Waals surface area contributed by atoms with E-state index in [0.717, 1.165) is 12.5 Å². The summed E-state index contributed by atoms with van der Waals surface area (Å²) in [5.41, 5.74) is 3.88. The van der Waals surface area contributed by atoms with Gasteiger partial charge in [0.15, 0.2) is 0 Å². The van der Waals surface area contributed by atoms with Gasteiger partial charge < -0.3 is 15.2 Å². The van der Waals surface area contributed by atoms with Gasteiger partial charge in [0.2, 0.25) is 0 Å². The number of aromatic amines is 1. The largest absolute Gasteiger partial charge is 0.357 e. The summed E-state index contributed by atoms with van der Waals surface area (Å²) in [6.45, 7) is 6.97. The molecule has 2 bridgehead atoms. The number of H-pyrrole nitrogens is 1. The van der Waals surface area contributed by atoms with Gasteiger partial charge in [0.05, 0.1) is 0 Å². The lowest BCUT2D eigenvalue weighted by atomic mass is 9.84. The molecule has 3 aliphatic heterocycles. The molecule has 0 spiro atoms. The number of hydrogen-bond acceptors (Lipinski definition) is 2. The minimum atomic E-state index is 0.686. The minimum absolute atomic E-state index is 0.686. The lowest BCUT2D eigenvalue weighted by Crippen LogP contribution is -2.55. The Hall–Kier alpha value is -1.32. The summed E-state index contributed by atoms with van der Waals surface area (Å²) in [6, 6.07) is 9.58. The molecule has 3 saturated heterocycles. The molecule has 1 atom stereocenters. The van der Waals surface area contributed by atoms with Gasteiger partial charge in [0.25, 0.3) is 0 Å². The van der Waals surface area contributed by atoms with Crippen molar-refractivity contribution in [2.75, 3.05) is 19.6 Å². The second-order valence-corrected chi connectivity index (χ2v) is 6.51. The Morgan fingerprint density at radius 1 is 1.25 bits per heavy atom. The van der Waals surface area contributed by atoms with Crippen LogP contribution in [0.2, 0.25) is 0 Å². The van der Waals surface area contributed by atoms with Gasteiger partial charge >= 0.3 is 0 Å². The molecule has 2 N–H and O–H groups in total. The number of piperidine rings is 3. The first-order valence-corrected chi connectivity index (χ1v) is 7.82. The third kappa shape index (κ3) is 2.25. The highest BCUT2D eigenvalue weighted by atomic mass is 15.2. The van der Waals surface area contributed by atoms with Crippen molar-refractivity contribution in [2.45, 2.75) is 32.4 Å². The molecule has 2 aromatic rings. The number of aromatic nitrogens is 1. The first-order valence-electron chi connectivity index (χ1n) is 7.82. The number of rotatable bonds is 3. The lowest BCUT2D eigenvalue weighted by Gasteiger charge is -2.45. The van der Waals surface area contributed by atoms with Crippen molar-refractivity contribution in [1.29, 1.82) is 0 Å². The smallest absolute Gasteiger partial charge is 0.0459 e. The maximum absolute atomic E-state index is 3.77. The predicted octanol–water partition coefficient (Wildman–Crippen LogP) is 2.66. The Morgan fingerprint density at radius 3 is 2.85 bits per heavy atom. The fourth-order valence-corrected chi connectivity index (χ4v) is 3.83. The Kier molecular flexibility index (Phi) is 3.04. The van der Waals surface area contributed by atoms with E-state index in [2.05, 4.69) is 46.4 Å². The van der Waals surface area contributed by atoms with E-state index in [1.54, 1.807) is 0 Å². The molecule has 5 rings (SSSR count). The number of benzene rings is 1. The molecular weight excluding hydrogens is 246 g/mol. The van der Waals surface area contributed by atoms with E-state index in [1.807, 2.05) is 0 Å². The van der Waals surface area contributed by atoms with Crippen LogP contribution in [-0.4, -0.2) is 35.6 Å². The quantitative estimate of drug-likeness (QED) is 0.897. The SMILES string of the molecule is Cc1ccc2cc(CNC3CN4CCC3CC4)[nH]c2c1. The van der Waals surface area contributed by atoms with Gasteiger partial charge in [0.1, 0.15) is 0 Å². The van der Waals surface area contributed by atoms with Gasteiger partial charge in [-0.25, -0.2) is 0 Å². The minimum Gasteiger partial charge on any atom is -0.357 e. The van der Waals surface area contributed by atoms with Gasteiger partial charge in [-0.2, -0.15) is 0 Å². The molecule has 1 aromatic carbocycles. The number of hydrogen-bond donors (Lipinski definition) is 2. The number of fused-ring (bicyclic) bond motifs is 4. The molecule has 1 aromatic heterocycles. The van der Waals surface area contributed by atoms with E-state index in [-0.39, 0.29) is 0 Å². The van der Waals surface area contributed by atoms with Gasteiger partial charge in [-0.15, -0.1) is 0 Å². The summed E-state index contributed by atoms with van der Waals surface area (Å²) in [5, 5.41) is 5.09. The summed E-state index contributed by atoms with van der Waals surface area (Å²) in [4.78, 5) is 6.15. The number of aryl methyl sites for hydroxylation is 1. The van der Waals surface area contributed by atoms with E-state index in [4.69, 9.17) is 0 Å². The van der Waals surface area contributed by atoms with Gasteiger partial charge in [-0.3, -0.25) is 0 Å². The van der Waals surface area contributed by atoms with E-state index in [0.29, 0.717) is 6.04 Å². The summed E-state index contributed by atoms with van der Waals surface area (Å²) >= 11 is 0. The molecule has 0 amide bonds. The van der Waals surface area contributed by atoms with Crippen molar-refractivity contribution >= 4 is 10.9 Å². The molecule has 3 aliphatic rings. The third-order valence-corrected chi connectivity index (χ3v) is 5.04. The zero-order valence-corrected chi connectivity index (χ0v) is 12.2. The fraction of sp³-hybridized carbons (Fsp3) is 0.529. The van der Waals surface area contributed by atoms with Crippen LogP contribution in [0.1, 0.15) is 24.1 Å². The Morgan fingerprint density at radius 2 is 2.10 bits per heavy atom. The van der Waals surface area contributed by atoms with Crippen LogP contribution in [0.3, 0.4) is 0 Å². The van der Waals surface area contributed by atoms with Crippen LogP contribution in [0, 0.1) is 12.8 Å². The molecule has 3 heteroatoms. The van der Waals surface area contributed by atoms with Gasteiger partial charge in [-0.1, -0.05) is 12.1 Å². The topological polar surface area (TPSA) is 31.1 Å². The summed E-state index contributed by atoms with van der Waals surface area (Å²) < 4.78 is 0. The van der Waals surface area contributed by atoms with Crippen LogP contribution in [0.5, 0.6) is 0 Å². The standard InChI is InChI=1S/C17H23N3/c1-12-2-3-14-9-15(19-16(14)8-12)10-18-17-11-20-6-4-13(17)5-7-20/h2-3,8-9,13,17-19H,4-7,10-11H2,1H3.